The van der Waals surface area contributed by atoms with Crippen molar-refractivity contribution in [2.75, 3.05) is 32.7 Å². The quantitative estimate of drug-likeness (QED) is 0.771. The Morgan fingerprint density at radius 2 is 1.87 bits per heavy atom. The zero-order valence-corrected chi connectivity index (χ0v) is 14.0. The van der Waals surface area contributed by atoms with Crippen molar-refractivity contribution in [3.8, 4) is 0 Å². The smallest absolute Gasteiger partial charge is 0.226 e. The lowest BCUT2D eigenvalue weighted by Gasteiger charge is -2.32. The average molecular weight is 319 g/mol. The summed E-state index contributed by atoms with van der Waals surface area (Å²) in [6.45, 7) is 4.28. The first-order valence-corrected chi connectivity index (χ1v) is 9.21. The molecule has 23 heavy (non-hydrogen) atoms. The standard InChI is InChI=1S/C18H29N3O2/c22-17(20-13-14-7-9-19-10-8-14)15-5-1-2-6-16(15)18(23)21-11-3-4-12-21/h7,15-16,19H,1-6,8-13H2,(H,20,22). The van der Waals surface area contributed by atoms with E-state index in [1.54, 1.807) is 0 Å². The van der Waals surface area contributed by atoms with Crippen LogP contribution in [0.2, 0.25) is 0 Å². The minimum absolute atomic E-state index is 0.0849. The summed E-state index contributed by atoms with van der Waals surface area (Å²) in [4.78, 5) is 27.4. The summed E-state index contributed by atoms with van der Waals surface area (Å²) in [5.41, 5.74) is 1.30. The van der Waals surface area contributed by atoms with Gasteiger partial charge in [0.05, 0.1) is 0 Å². The van der Waals surface area contributed by atoms with Crippen molar-refractivity contribution in [1.82, 2.24) is 15.5 Å². The van der Waals surface area contributed by atoms with Gasteiger partial charge >= 0.3 is 0 Å². The molecule has 2 atom stereocenters. The van der Waals surface area contributed by atoms with Crippen LogP contribution in [0.5, 0.6) is 0 Å². The molecule has 1 saturated heterocycles. The molecule has 0 bridgehead atoms. The topological polar surface area (TPSA) is 61.4 Å². The summed E-state index contributed by atoms with van der Waals surface area (Å²) in [6.07, 6.45) is 9.25. The van der Waals surface area contributed by atoms with E-state index in [9.17, 15) is 9.59 Å². The molecule has 5 nitrogen and oxygen atoms in total. The maximum atomic E-state index is 12.7. The summed E-state index contributed by atoms with van der Waals surface area (Å²) < 4.78 is 0. The van der Waals surface area contributed by atoms with Gasteiger partial charge in [0.25, 0.3) is 0 Å². The number of nitrogens with zero attached hydrogens (tertiary/aromatic N) is 1. The van der Waals surface area contributed by atoms with Crippen LogP contribution in [0.25, 0.3) is 0 Å². The first-order valence-electron chi connectivity index (χ1n) is 9.21. The molecule has 0 radical (unpaired) electrons. The van der Waals surface area contributed by atoms with E-state index in [1.807, 2.05) is 4.90 Å². The zero-order chi connectivity index (χ0) is 16.1. The van der Waals surface area contributed by atoms with E-state index in [-0.39, 0.29) is 23.7 Å². The van der Waals surface area contributed by atoms with Gasteiger partial charge in [-0.15, -0.1) is 0 Å². The van der Waals surface area contributed by atoms with Gasteiger partial charge in [0, 0.05) is 38.0 Å². The van der Waals surface area contributed by atoms with E-state index in [4.69, 9.17) is 0 Å². The largest absolute Gasteiger partial charge is 0.352 e. The number of nitrogens with one attached hydrogen (secondary N) is 2. The Kier molecular flexibility index (Phi) is 5.70. The molecule has 5 heteroatoms. The molecule has 0 aromatic rings. The Bertz CT molecular complexity index is 469. The van der Waals surface area contributed by atoms with Crippen molar-refractivity contribution in [3.63, 3.8) is 0 Å². The number of hydrogen-bond acceptors (Lipinski definition) is 3. The lowest BCUT2D eigenvalue weighted by Crippen LogP contribution is -2.45. The molecule has 2 N–H and O–H groups in total. The highest BCUT2D eigenvalue weighted by molar-refractivity contribution is 5.88. The first-order chi connectivity index (χ1) is 11.3. The maximum Gasteiger partial charge on any atom is 0.226 e. The van der Waals surface area contributed by atoms with Crippen molar-refractivity contribution in [2.24, 2.45) is 11.8 Å². The van der Waals surface area contributed by atoms with Crippen LogP contribution >= 0.6 is 0 Å². The molecule has 1 aliphatic carbocycles. The van der Waals surface area contributed by atoms with Gasteiger partial charge in [-0.25, -0.2) is 0 Å². The molecule has 2 amide bonds. The molecule has 2 aliphatic heterocycles. The van der Waals surface area contributed by atoms with Crippen LogP contribution in [-0.2, 0) is 9.59 Å². The summed E-state index contributed by atoms with van der Waals surface area (Å²) in [5, 5.41) is 6.37. The number of carbonyl (C=O) groups is 2. The van der Waals surface area contributed by atoms with Gasteiger partial charge < -0.3 is 15.5 Å². The van der Waals surface area contributed by atoms with Gasteiger partial charge in [-0.05, 0) is 38.6 Å². The second-order valence-corrected chi connectivity index (χ2v) is 7.06. The highest BCUT2D eigenvalue weighted by Gasteiger charge is 2.38. The Labute approximate surface area is 138 Å². The zero-order valence-electron chi connectivity index (χ0n) is 14.0. The third-order valence-electron chi connectivity index (χ3n) is 5.49. The van der Waals surface area contributed by atoms with Crippen molar-refractivity contribution in [2.45, 2.75) is 44.9 Å². The lowest BCUT2D eigenvalue weighted by atomic mass is 9.77. The third kappa shape index (κ3) is 4.14. The van der Waals surface area contributed by atoms with Crippen LogP contribution in [0.4, 0.5) is 0 Å². The molecule has 3 aliphatic rings. The monoisotopic (exact) mass is 319 g/mol. The van der Waals surface area contributed by atoms with Crippen LogP contribution in [0, 0.1) is 11.8 Å². The van der Waals surface area contributed by atoms with Crippen LogP contribution in [0.15, 0.2) is 11.6 Å². The molecule has 2 heterocycles. The van der Waals surface area contributed by atoms with Crippen molar-refractivity contribution >= 4 is 11.8 Å². The predicted molar refractivity (Wildman–Crippen MR) is 89.8 cm³/mol. The number of likely N-dealkylation sites (tertiary alicyclic amines) is 1. The Hall–Kier alpha value is -1.36. The molecule has 128 valence electrons. The van der Waals surface area contributed by atoms with Crippen LogP contribution in [0.1, 0.15) is 44.9 Å². The highest BCUT2D eigenvalue weighted by Crippen LogP contribution is 2.32. The summed E-state index contributed by atoms with van der Waals surface area (Å²) in [5.74, 6) is 0.0909. The lowest BCUT2D eigenvalue weighted by molar-refractivity contribution is -0.142. The fraction of sp³-hybridized carbons (Fsp3) is 0.778. The third-order valence-corrected chi connectivity index (χ3v) is 5.49. The second kappa shape index (κ2) is 7.95. The minimum Gasteiger partial charge on any atom is -0.352 e. The second-order valence-electron chi connectivity index (χ2n) is 7.06. The van der Waals surface area contributed by atoms with E-state index in [2.05, 4.69) is 16.7 Å². The van der Waals surface area contributed by atoms with Gasteiger partial charge in [-0.1, -0.05) is 24.5 Å². The van der Waals surface area contributed by atoms with Crippen LogP contribution in [-0.4, -0.2) is 49.4 Å². The fourth-order valence-electron chi connectivity index (χ4n) is 4.07. The molecule has 3 rings (SSSR count). The van der Waals surface area contributed by atoms with Crippen molar-refractivity contribution < 1.29 is 9.59 Å². The van der Waals surface area contributed by atoms with Gasteiger partial charge in [0.15, 0.2) is 0 Å². The van der Waals surface area contributed by atoms with Gasteiger partial charge in [0.1, 0.15) is 0 Å². The molecule has 0 aromatic heterocycles. The number of amides is 2. The molecule has 1 saturated carbocycles. The SMILES string of the molecule is O=C(NCC1=CCNCC1)C1CCCCC1C(=O)N1CCCC1. The molecule has 0 spiro atoms. The summed E-state index contributed by atoms with van der Waals surface area (Å²) in [7, 11) is 0. The van der Waals surface area contributed by atoms with Gasteiger partial charge in [0.2, 0.25) is 11.8 Å². The van der Waals surface area contributed by atoms with E-state index >= 15 is 0 Å². The molecular weight excluding hydrogens is 290 g/mol. The van der Waals surface area contributed by atoms with Gasteiger partial charge in [-0.2, -0.15) is 0 Å². The summed E-state index contributed by atoms with van der Waals surface area (Å²) >= 11 is 0. The van der Waals surface area contributed by atoms with Gasteiger partial charge in [-0.3, -0.25) is 9.59 Å². The van der Waals surface area contributed by atoms with E-state index in [0.29, 0.717) is 6.54 Å². The van der Waals surface area contributed by atoms with Crippen LogP contribution < -0.4 is 10.6 Å². The molecular formula is C18H29N3O2. The van der Waals surface area contributed by atoms with Crippen molar-refractivity contribution in [1.29, 1.82) is 0 Å². The summed E-state index contributed by atoms with van der Waals surface area (Å²) in [6, 6.07) is 0. The normalized spacial score (nSPS) is 28.3. The van der Waals surface area contributed by atoms with E-state index in [0.717, 1.165) is 71.1 Å². The molecule has 2 unspecified atom stereocenters. The number of carbonyl (C=O) groups excluding carboxylic acids is 2. The fourth-order valence-corrected chi connectivity index (χ4v) is 4.07. The first kappa shape index (κ1) is 16.5. The molecule has 0 aromatic carbocycles. The predicted octanol–water partition coefficient (Wildman–Crippen LogP) is 1.45. The minimum atomic E-state index is -0.126. The highest BCUT2D eigenvalue weighted by atomic mass is 16.2. The Morgan fingerprint density at radius 3 is 2.57 bits per heavy atom. The Balaban J connectivity index is 1.57. The number of rotatable bonds is 4. The van der Waals surface area contributed by atoms with E-state index < -0.39 is 0 Å². The van der Waals surface area contributed by atoms with Crippen molar-refractivity contribution in [3.05, 3.63) is 11.6 Å². The number of hydrogen-bond donors (Lipinski definition) is 2. The average Bonchev–Trinajstić information content (AvgIpc) is 3.14. The Morgan fingerprint density at radius 1 is 1.13 bits per heavy atom. The van der Waals surface area contributed by atoms with E-state index in [1.165, 1.54) is 5.57 Å². The maximum absolute atomic E-state index is 12.7. The molecule has 2 fully saturated rings. The van der Waals surface area contributed by atoms with Crippen LogP contribution in [0.3, 0.4) is 0 Å².